The molecule has 1 aliphatic rings. The Morgan fingerprint density at radius 1 is 1.12 bits per heavy atom. The Labute approximate surface area is 144 Å². The highest BCUT2D eigenvalue weighted by molar-refractivity contribution is 7.98. The first kappa shape index (κ1) is 15.4. The number of aromatic nitrogens is 5. The van der Waals surface area contributed by atoms with Crippen molar-refractivity contribution in [3.8, 4) is 11.4 Å². The maximum Gasteiger partial charge on any atom is 0.237 e. The van der Waals surface area contributed by atoms with Gasteiger partial charge < -0.3 is 9.09 Å². The Kier molecular flexibility index (Phi) is 4.34. The number of aryl methyl sites for hydroxylation is 2. The van der Waals surface area contributed by atoms with Crippen LogP contribution in [0.5, 0.6) is 0 Å². The van der Waals surface area contributed by atoms with Gasteiger partial charge in [-0.15, -0.1) is 10.2 Å². The molecular formula is C17H19N5OS. The molecule has 0 fully saturated rings. The van der Waals surface area contributed by atoms with Gasteiger partial charge in [-0.2, -0.15) is 4.98 Å². The largest absolute Gasteiger partial charge is 0.338 e. The molecule has 0 N–H and O–H groups in total. The molecule has 0 saturated carbocycles. The first-order valence-corrected chi connectivity index (χ1v) is 9.23. The molecule has 3 heterocycles. The van der Waals surface area contributed by atoms with Gasteiger partial charge in [0.2, 0.25) is 11.7 Å². The predicted molar refractivity (Wildman–Crippen MR) is 91.6 cm³/mol. The van der Waals surface area contributed by atoms with Crippen LogP contribution in [0.15, 0.2) is 33.9 Å². The van der Waals surface area contributed by atoms with Gasteiger partial charge >= 0.3 is 0 Å². The van der Waals surface area contributed by atoms with Gasteiger partial charge in [-0.25, -0.2) is 0 Å². The molecule has 7 heteroatoms. The molecule has 124 valence electrons. The van der Waals surface area contributed by atoms with Crippen molar-refractivity contribution in [3.63, 3.8) is 0 Å². The first-order chi connectivity index (χ1) is 11.8. The van der Waals surface area contributed by atoms with Crippen LogP contribution >= 0.6 is 11.8 Å². The molecule has 6 nitrogen and oxygen atoms in total. The maximum absolute atomic E-state index is 5.38. The monoisotopic (exact) mass is 341 g/mol. The van der Waals surface area contributed by atoms with Crippen molar-refractivity contribution in [1.82, 2.24) is 24.9 Å². The highest BCUT2D eigenvalue weighted by atomic mass is 32.2. The van der Waals surface area contributed by atoms with E-state index in [0.717, 1.165) is 29.5 Å². The summed E-state index contributed by atoms with van der Waals surface area (Å²) < 4.78 is 7.61. The fourth-order valence-corrected chi connectivity index (χ4v) is 3.65. The number of fused-ring (bicyclic) bond motifs is 1. The Morgan fingerprint density at radius 3 is 2.88 bits per heavy atom. The Hall–Kier alpha value is -2.15. The van der Waals surface area contributed by atoms with Crippen molar-refractivity contribution in [3.05, 3.63) is 41.5 Å². The van der Waals surface area contributed by atoms with Crippen LogP contribution in [0.4, 0.5) is 0 Å². The average Bonchev–Trinajstić information content (AvgIpc) is 3.15. The van der Waals surface area contributed by atoms with Crippen LogP contribution in [0.2, 0.25) is 0 Å². The second-order valence-electron chi connectivity index (χ2n) is 6.03. The SMILES string of the molecule is Cc1ccc(-c2noc(CSc3nnc4n3CCCCC4)n2)cc1. The summed E-state index contributed by atoms with van der Waals surface area (Å²) in [5.41, 5.74) is 2.18. The molecule has 0 aliphatic carbocycles. The van der Waals surface area contributed by atoms with E-state index < -0.39 is 0 Å². The summed E-state index contributed by atoms with van der Waals surface area (Å²) in [7, 11) is 0. The molecule has 1 aliphatic heterocycles. The molecule has 3 aromatic rings. The summed E-state index contributed by atoms with van der Waals surface area (Å²) in [5, 5.41) is 13.7. The minimum Gasteiger partial charge on any atom is -0.338 e. The molecule has 0 atom stereocenters. The molecule has 0 amide bonds. The molecule has 4 rings (SSSR count). The zero-order chi connectivity index (χ0) is 16.4. The summed E-state index contributed by atoms with van der Waals surface area (Å²) in [6.07, 6.45) is 4.67. The summed E-state index contributed by atoms with van der Waals surface area (Å²) in [5.74, 6) is 2.95. The fraction of sp³-hybridized carbons (Fsp3) is 0.412. The second-order valence-corrected chi connectivity index (χ2v) is 6.97. The van der Waals surface area contributed by atoms with E-state index >= 15 is 0 Å². The smallest absolute Gasteiger partial charge is 0.237 e. The zero-order valence-corrected chi connectivity index (χ0v) is 14.4. The standard InChI is InChI=1S/C17H19N5OS/c1-12-6-8-13(9-7-12)16-18-15(23-21-16)11-24-17-20-19-14-5-3-2-4-10-22(14)17/h6-9H,2-5,10-11H2,1H3. The Bertz CT molecular complexity index is 824. The third-order valence-corrected chi connectivity index (χ3v) is 5.13. The highest BCUT2D eigenvalue weighted by Crippen LogP contribution is 2.25. The number of hydrogen-bond donors (Lipinski definition) is 0. The Balaban J connectivity index is 1.45. The van der Waals surface area contributed by atoms with E-state index in [4.69, 9.17) is 4.52 Å². The summed E-state index contributed by atoms with van der Waals surface area (Å²) in [6, 6.07) is 8.11. The summed E-state index contributed by atoms with van der Waals surface area (Å²) in [4.78, 5) is 4.48. The van der Waals surface area contributed by atoms with E-state index in [9.17, 15) is 0 Å². The lowest BCUT2D eigenvalue weighted by Crippen LogP contribution is -2.02. The van der Waals surface area contributed by atoms with Gasteiger partial charge in [0.05, 0.1) is 5.75 Å². The molecule has 2 aromatic heterocycles. The first-order valence-electron chi connectivity index (χ1n) is 8.24. The van der Waals surface area contributed by atoms with Crippen molar-refractivity contribution in [2.24, 2.45) is 0 Å². The maximum atomic E-state index is 5.38. The molecule has 0 radical (unpaired) electrons. The lowest BCUT2D eigenvalue weighted by Gasteiger charge is -2.04. The van der Waals surface area contributed by atoms with E-state index in [2.05, 4.69) is 31.8 Å². The molecular weight excluding hydrogens is 322 g/mol. The number of benzene rings is 1. The summed E-state index contributed by atoms with van der Waals surface area (Å²) >= 11 is 1.61. The molecule has 0 saturated heterocycles. The Morgan fingerprint density at radius 2 is 2.00 bits per heavy atom. The van der Waals surface area contributed by atoms with Gasteiger partial charge in [0, 0.05) is 18.5 Å². The van der Waals surface area contributed by atoms with Gasteiger partial charge in [-0.1, -0.05) is 53.2 Å². The van der Waals surface area contributed by atoms with Crippen LogP contribution in [-0.4, -0.2) is 24.9 Å². The van der Waals surface area contributed by atoms with Crippen molar-refractivity contribution in [2.75, 3.05) is 0 Å². The van der Waals surface area contributed by atoms with E-state index in [1.165, 1.54) is 24.8 Å². The van der Waals surface area contributed by atoms with Crippen LogP contribution < -0.4 is 0 Å². The third kappa shape index (κ3) is 3.21. The lowest BCUT2D eigenvalue weighted by molar-refractivity contribution is 0.391. The van der Waals surface area contributed by atoms with Crippen molar-refractivity contribution >= 4 is 11.8 Å². The van der Waals surface area contributed by atoms with Crippen LogP contribution in [0.1, 0.15) is 36.5 Å². The van der Waals surface area contributed by atoms with Crippen molar-refractivity contribution < 1.29 is 4.52 Å². The van der Waals surface area contributed by atoms with E-state index in [1.54, 1.807) is 11.8 Å². The molecule has 0 bridgehead atoms. The van der Waals surface area contributed by atoms with E-state index in [1.807, 2.05) is 24.3 Å². The van der Waals surface area contributed by atoms with Crippen LogP contribution in [0, 0.1) is 6.92 Å². The van der Waals surface area contributed by atoms with Crippen molar-refractivity contribution in [1.29, 1.82) is 0 Å². The van der Waals surface area contributed by atoms with Crippen LogP contribution in [0.3, 0.4) is 0 Å². The van der Waals surface area contributed by atoms with Crippen LogP contribution in [-0.2, 0) is 18.7 Å². The molecule has 0 unspecified atom stereocenters. The van der Waals surface area contributed by atoms with Gasteiger partial charge in [0.15, 0.2) is 5.16 Å². The molecule has 1 aromatic carbocycles. The second kappa shape index (κ2) is 6.76. The molecule has 24 heavy (non-hydrogen) atoms. The molecule has 0 spiro atoms. The summed E-state index contributed by atoms with van der Waals surface area (Å²) in [6.45, 7) is 3.06. The fourth-order valence-electron chi connectivity index (χ4n) is 2.82. The van der Waals surface area contributed by atoms with Crippen LogP contribution in [0.25, 0.3) is 11.4 Å². The minimum absolute atomic E-state index is 0.608. The minimum atomic E-state index is 0.608. The lowest BCUT2D eigenvalue weighted by atomic mass is 10.1. The number of hydrogen-bond acceptors (Lipinski definition) is 6. The van der Waals surface area contributed by atoms with Gasteiger partial charge in [0.1, 0.15) is 5.82 Å². The predicted octanol–water partition coefficient (Wildman–Crippen LogP) is 3.66. The number of rotatable bonds is 4. The van der Waals surface area contributed by atoms with Gasteiger partial charge in [-0.05, 0) is 19.8 Å². The van der Waals surface area contributed by atoms with E-state index in [0.29, 0.717) is 17.5 Å². The van der Waals surface area contributed by atoms with Crippen molar-refractivity contribution in [2.45, 2.75) is 50.1 Å². The topological polar surface area (TPSA) is 69.6 Å². The average molecular weight is 341 g/mol. The zero-order valence-electron chi connectivity index (χ0n) is 13.6. The quantitative estimate of drug-likeness (QED) is 0.675. The third-order valence-electron chi connectivity index (χ3n) is 4.18. The van der Waals surface area contributed by atoms with Gasteiger partial charge in [0.25, 0.3) is 0 Å². The number of nitrogens with zero attached hydrogens (tertiary/aromatic N) is 5. The highest BCUT2D eigenvalue weighted by Gasteiger charge is 2.16. The normalized spacial score (nSPS) is 14.4. The number of thioether (sulfide) groups is 1. The van der Waals surface area contributed by atoms with Gasteiger partial charge in [-0.3, -0.25) is 0 Å². The van der Waals surface area contributed by atoms with E-state index in [-0.39, 0.29) is 0 Å².